The molecule has 2 aromatic carbocycles. The van der Waals surface area contributed by atoms with Crippen LogP contribution < -0.4 is 15.0 Å². The fourth-order valence-corrected chi connectivity index (χ4v) is 3.64. The Balaban J connectivity index is 1.56. The van der Waals surface area contributed by atoms with Crippen LogP contribution in [0.25, 0.3) is 0 Å². The Morgan fingerprint density at radius 3 is 2.38 bits per heavy atom. The number of alkyl halides is 3. The lowest BCUT2D eigenvalue weighted by Gasteiger charge is -2.14. The third-order valence-corrected chi connectivity index (χ3v) is 5.33. The van der Waals surface area contributed by atoms with Gasteiger partial charge in [-0.25, -0.2) is 4.90 Å². The second kappa shape index (κ2) is 8.04. The van der Waals surface area contributed by atoms with Crippen LogP contribution in [0.1, 0.15) is 43.0 Å². The number of imide groups is 1. The van der Waals surface area contributed by atoms with Gasteiger partial charge in [-0.05, 0) is 49.4 Å². The van der Waals surface area contributed by atoms with Crippen molar-refractivity contribution >= 4 is 39.9 Å². The van der Waals surface area contributed by atoms with E-state index in [-0.39, 0.29) is 33.2 Å². The maximum atomic E-state index is 12.9. The van der Waals surface area contributed by atoms with Gasteiger partial charge in [-0.2, -0.15) is 13.2 Å². The molecule has 8 nitrogen and oxygen atoms in total. The van der Waals surface area contributed by atoms with Crippen LogP contribution in [0.3, 0.4) is 0 Å². The van der Waals surface area contributed by atoms with E-state index in [4.69, 9.17) is 4.74 Å². The van der Waals surface area contributed by atoms with E-state index in [0.29, 0.717) is 18.0 Å². The minimum Gasteiger partial charge on any atom is -0.494 e. The number of rotatable bonds is 5. The average Bonchev–Trinajstić information content (AvgIpc) is 3.32. The Morgan fingerprint density at radius 1 is 1.06 bits per heavy atom. The first kappa shape index (κ1) is 21.4. The molecule has 0 unspecified atom stereocenters. The Bertz CT molecular complexity index is 1220. The third-order valence-electron chi connectivity index (χ3n) is 4.44. The molecule has 0 saturated carbocycles. The average molecular weight is 462 g/mol. The van der Waals surface area contributed by atoms with Gasteiger partial charge in [0, 0.05) is 5.56 Å². The number of amides is 3. The molecule has 0 saturated heterocycles. The van der Waals surface area contributed by atoms with Crippen molar-refractivity contribution < 1.29 is 32.3 Å². The minimum absolute atomic E-state index is 0.00443. The second-order valence-electron chi connectivity index (χ2n) is 6.50. The van der Waals surface area contributed by atoms with Crippen LogP contribution >= 0.6 is 11.3 Å². The smallest absolute Gasteiger partial charge is 0.445 e. The van der Waals surface area contributed by atoms with Crippen molar-refractivity contribution in [3.8, 4) is 5.75 Å². The van der Waals surface area contributed by atoms with Gasteiger partial charge in [0.1, 0.15) is 5.75 Å². The van der Waals surface area contributed by atoms with E-state index in [1.165, 1.54) is 18.2 Å². The van der Waals surface area contributed by atoms with Gasteiger partial charge in [0.05, 0.1) is 23.4 Å². The summed E-state index contributed by atoms with van der Waals surface area (Å²) in [5.41, 5.74) is 0.418. The van der Waals surface area contributed by atoms with Gasteiger partial charge >= 0.3 is 6.18 Å². The fourth-order valence-electron chi connectivity index (χ4n) is 3.03. The molecule has 1 aliphatic heterocycles. The normalized spacial score (nSPS) is 13.3. The van der Waals surface area contributed by atoms with Gasteiger partial charge in [0.2, 0.25) is 10.1 Å². The number of hydrogen-bond acceptors (Lipinski definition) is 7. The standard InChI is InChI=1S/C20H13F3N4O4S/c1-2-31-12-6-4-11(5-7-12)27-16(29)13-8-3-10(9-14(13)17(27)30)15(28)24-19-26-25-18(32-19)20(21,22)23/h3-9H,2H2,1H3,(H,24,26,28). The summed E-state index contributed by atoms with van der Waals surface area (Å²) in [5, 5.41) is 6.95. The first-order valence-electron chi connectivity index (χ1n) is 9.16. The van der Waals surface area contributed by atoms with E-state index in [1.807, 2.05) is 6.92 Å². The van der Waals surface area contributed by atoms with Crippen LogP contribution in [0.15, 0.2) is 42.5 Å². The van der Waals surface area contributed by atoms with Crippen molar-refractivity contribution in [3.63, 3.8) is 0 Å². The third kappa shape index (κ3) is 3.91. The maximum Gasteiger partial charge on any atom is 0.445 e. The van der Waals surface area contributed by atoms with E-state index < -0.39 is 28.9 Å². The molecule has 164 valence electrons. The Kier molecular flexibility index (Phi) is 5.38. The molecular weight excluding hydrogens is 449 g/mol. The van der Waals surface area contributed by atoms with Gasteiger partial charge in [0.25, 0.3) is 17.7 Å². The summed E-state index contributed by atoms with van der Waals surface area (Å²) in [6.45, 7) is 2.29. The number of hydrogen-bond donors (Lipinski definition) is 1. The molecule has 1 N–H and O–H groups in total. The fraction of sp³-hybridized carbons (Fsp3) is 0.150. The predicted molar refractivity (Wildman–Crippen MR) is 108 cm³/mol. The lowest BCUT2D eigenvalue weighted by molar-refractivity contribution is -0.138. The molecular formula is C20H13F3N4O4S. The number of aromatic nitrogens is 2. The van der Waals surface area contributed by atoms with Gasteiger partial charge in [-0.15, -0.1) is 10.2 Å². The number of carbonyl (C=O) groups excluding carboxylic acids is 3. The Labute approximate surface area is 182 Å². The first-order valence-corrected chi connectivity index (χ1v) is 9.98. The number of fused-ring (bicyclic) bond motifs is 1. The Hall–Kier alpha value is -3.80. The summed E-state index contributed by atoms with van der Waals surface area (Å²) in [6, 6.07) is 10.2. The molecule has 0 bridgehead atoms. The molecule has 4 rings (SSSR count). The van der Waals surface area contributed by atoms with Crippen molar-refractivity contribution in [2.45, 2.75) is 13.1 Å². The quantitative estimate of drug-likeness (QED) is 0.575. The van der Waals surface area contributed by atoms with Crippen LogP contribution in [0, 0.1) is 0 Å². The van der Waals surface area contributed by atoms with Crippen LogP contribution in [0.4, 0.5) is 24.0 Å². The molecule has 1 aliphatic rings. The van der Waals surface area contributed by atoms with Gasteiger partial charge < -0.3 is 4.74 Å². The predicted octanol–water partition coefficient (Wildman–Crippen LogP) is 4.01. The highest BCUT2D eigenvalue weighted by Crippen LogP contribution is 2.34. The molecule has 12 heteroatoms. The topological polar surface area (TPSA) is 101 Å². The number of ether oxygens (including phenoxy) is 1. The lowest BCUT2D eigenvalue weighted by atomic mass is 10.1. The van der Waals surface area contributed by atoms with Crippen LogP contribution in [-0.4, -0.2) is 34.5 Å². The highest BCUT2D eigenvalue weighted by Gasteiger charge is 2.38. The number of benzene rings is 2. The Morgan fingerprint density at radius 2 is 1.75 bits per heavy atom. The molecule has 3 amide bonds. The SMILES string of the molecule is CCOc1ccc(N2C(=O)c3ccc(C(=O)Nc4nnc(C(F)(F)F)s4)cc3C2=O)cc1. The summed E-state index contributed by atoms with van der Waals surface area (Å²) in [7, 11) is 0. The maximum absolute atomic E-state index is 12.9. The number of anilines is 2. The minimum atomic E-state index is -4.68. The van der Waals surface area contributed by atoms with Crippen LogP contribution in [-0.2, 0) is 6.18 Å². The van der Waals surface area contributed by atoms with Gasteiger partial charge in [-0.1, -0.05) is 11.3 Å². The monoisotopic (exact) mass is 462 g/mol. The zero-order valence-electron chi connectivity index (χ0n) is 16.3. The summed E-state index contributed by atoms with van der Waals surface area (Å²) < 4.78 is 43.3. The molecule has 0 radical (unpaired) electrons. The molecule has 0 spiro atoms. The van der Waals surface area contributed by atoms with Crippen molar-refractivity contribution in [1.29, 1.82) is 0 Å². The largest absolute Gasteiger partial charge is 0.494 e. The molecule has 1 aromatic heterocycles. The highest BCUT2D eigenvalue weighted by molar-refractivity contribution is 7.15. The molecule has 2 heterocycles. The van der Waals surface area contributed by atoms with Crippen molar-refractivity contribution in [2.75, 3.05) is 16.8 Å². The highest BCUT2D eigenvalue weighted by atomic mass is 32.1. The van der Waals surface area contributed by atoms with E-state index in [1.54, 1.807) is 24.3 Å². The molecule has 3 aromatic rings. The molecule has 0 fully saturated rings. The first-order chi connectivity index (χ1) is 15.2. The van der Waals surface area contributed by atoms with Crippen LogP contribution in [0.5, 0.6) is 5.75 Å². The number of nitrogens with zero attached hydrogens (tertiary/aromatic N) is 3. The molecule has 0 atom stereocenters. The number of carbonyl (C=O) groups is 3. The summed E-state index contributed by atoms with van der Waals surface area (Å²) in [4.78, 5) is 39.0. The zero-order valence-corrected chi connectivity index (χ0v) is 17.1. The van der Waals surface area contributed by atoms with E-state index in [0.717, 1.165) is 4.90 Å². The second-order valence-corrected chi connectivity index (χ2v) is 7.47. The van der Waals surface area contributed by atoms with E-state index in [9.17, 15) is 27.6 Å². The summed E-state index contributed by atoms with van der Waals surface area (Å²) in [6.07, 6.45) is -4.68. The molecule has 0 aliphatic carbocycles. The zero-order chi connectivity index (χ0) is 23.0. The summed E-state index contributed by atoms with van der Waals surface area (Å²) >= 11 is 0.173. The number of halogens is 3. The van der Waals surface area contributed by atoms with E-state index in [2.05, 4.69) is 15.5 Å². The van der Waals surface area contributed by atoms with Crippen LogP contribution in [0.2, 0.25) is 0 Å². The van der Waals surface area contributed by atoms with Gasteiger partial charge in [-0.3, -0.25) is 19.7 Å². The van der Waals surface area contributed by atoms with Crippen molar-refractivity contribution in [2.24, 2.45) is 0 Å². The van der Waals surface area contributed by atoms with Crippen molar-refractivity contribution in [1.82, 2.24) is 10.2 Å². The molecule has 32 heavy (non-hydrogen) atoms. The number of nitrogens with one attached hydrogen (secondary N) is 1. The van der Waals surface area contributed by atoms with Crippen molar-refractivity contribution in [3.05, 3.63) is 64.2 Å². The van der Waals surface area contributed by atoms with Gasteiger partial charge in [0.15, 0.2) is 0 Å². The lowest BCUT2D eigenvalue weighted by Crippen LogP contribution is -2.29. The summed E-state index contributed by atoms with van der Waals surface area (Å²) in [5.74, 6) is -1.39. The van der Waals surface area contributed by atoms with E-state index >= 15 is 0 Å².